The number of anilines is 1. The molecule has 1 fully saturated rings. The van der Waals surface area contributed by atoms with E-state index < -0.39 is 23.9 Å². The van der Waals surface area contributed by atoms with Gasteiger partial charge in [-0.1, -0.05) is 49.3 Å². The van der Waals surface area contributed by atoms with E-state index in [2.05, 4.69) is 5.16 Å². The summed E-state index contributed by atoms with van der Waals surface area (Å²) in [4.78, 5) is 14.1. The van der Waals surface area contributed by atoms with E-state index in [1.165, 1.54) is 7.05 Å². The third-order valence-corrected chi connectivity index (χ3v) is 4.31. The van der Waals surface area contributed by atoms with Crippen molar-refractivity contribution in [1.82, 2.24) is 10.1 Å². The van der Waals surface area contributed by atoms with Crippen molar-refractivity contribution in [1.29, 1.82) is 0 Å². The summed E-state index contributed by atoms with van der Waals surface area (Å²) in [5.41, 5.74) is 1.24. The normalized spacial score (nSPS) is 22.0. The molecule has 0 radical (unpaired) electrons. The largest absolute Gasteiger partial charge is 0.369 e. The SMILES string of the molecule is CN1C(=O)N(c2cc(C(C)(C)c3ccccc3)no2)C(O)C1O. The fraction of sp³-hybridized carbons (Fsp3) is 0.375. The van der Waals surface area contributed by atoms with Crippen LogP contribution >= 0.6 is 0 Å². The van der Waals surface area contributed by atoms with E-state index in [9.17, 15) is 15.0 Å². The summed E-state index contributed by atoms with van der Waals surface area (Å²) in [6.07, 6.45) is -2.70. The number of carbonyl (C=O) groups is 1. The Kier molecular flexibility index (Phi) is 3.62. The van der Waals surface area contributed by atoms with Gasteiger partial charge in [0.05, 0.1) is 5.69 Å². The van der Waals surface area contributed by atoms with Gasteiger partial charge in [0, 0.05) is 18.5 Å². The van der Waals surface area contributed by atoms with Gasteiger partial charge in [-0.3, -0.25) is 4.90 Å². The smallest absolute Gasteiger partial charge is 0.331 e. The average Bonchev–Trinajstić information content (AvgIpc) is 3.10. The summed E-state index contributed by atoms with van der Waals surface area (Å²) in [7, 11) is 1.40. The summed E-state index contributed by atoms with van der Waals surface area (Å²) in [6, 6.07) is 10.9. The maximum atomic E-state index is 12.1. The minimum atomic E-state index is -1.40. The third-order valence-electron chi connectivity index (χ3n) is 4.31. The van der Waals surface area contributed by atoms with Crippen LogP contribution in [0.5, 0.6) is 0 Å². The van der Waals surface area contributed by atoms with Gasteiger partial charge in [-0.15, -0.1) is 0 Å². The Morgan fingerprint density at radius 1 is 1.17 bits per heavy atom. The summed E-state index contributed by atoms with van der Waals surface area (Å²) in [6.45, 7) is 3.99. The highest BCUT2D eigenvalue weighted by molar-refractivity contribution is 5.93. The van der Waals surface area contributed by atoms with Crippen molar-refractivity contribution >= 4 is 11.9 Å². The second-order valence-corrected chi connectivity index (χ2v) is 6.13. The van der Waals surface area contributed by atoms with Crippen molar-refractivity contribution in [2.75, 3.05) is 11.9 Å². The van der Waals surface area contributed by atoms with Crippen LogP contribution in [-0.4, -0.2) is 45.8 Å². The number of nitrogens with zero attached hydrogens (tertiary/aromatic N) is 3. The standard InChI is InChI=1S/C16H19N3O4/c1-16(2,10-7-5-4-6-8-10)11-9-12(23-17-11)19-14(21)13(20)18(3)15(19)22/h4-9,13-14,20-21H,1-3H3. The maximum absolute atomic E-state index is 12.1. The molecule has 0 bridgehead atoms. The third kappa shape index (κ3) is 2.38. The quantitative estimate of drug-likeness (QED) is 0.895. The van der Waals surface area contributed by atoms with Gasteiger partial charge in [-0.25, -0.2) is 9.69 Å². The van der Waals surface area contributed by atoms with Crippen molar-refractivity contribution < 1.29 is 19.5 Å². The molecule has 1 aliphatic rings. The average molecular weight is 317 g/mol. The lowest BCUT2D eigenvalue weighted by Crippen LogP contribution is -2.36. The Bertz CT molecular complexity index is 713. The molecule has 1 aliphatic heterocycles. The van der Waals surface area contributed by atoms with Crippen LogP contribution in [-0.2, 0) is 5.41 Å². The zero-order valence-electron chi connectivity index (χ0n) is 13.2. The van der Waals surface area contributed by atoms with Gasteiger partial charge in [-0.2, -0.15) is 0 Å². The first-order valence-corrected chi connectivity index (χ1v) is 7.29. The molecule has 1 saturated heterocycles. The minimum absolute atomic E-state index is 0.102. The monoisotopic (exact) mass is 317 g/mol. The van der Waals surface area contributed by atoms with Gasteiger partial charge in [0.1, 0.15) is 0 Å². The zero-order valence-corrected chi connectivity index (χ0v) is 13.2. The topological polar surface area (TPSA) is 90.0 Å². The van der Waals surface area contributed by atoms with Crippen molar-refractivity contribution in [2.24, 2.45) is 0 Å². The molecule has 3 rings (SSSR count). The van der Waals surface area contributed by atoms with Crippen LogP contribution in [0.4, 0.5) is 10.7 Å². The van der Waals surface area contributed by atoms with Gasteiger partial charge >= 0.3 is 6.03 Å². The van der Waals surface area contributed by atoms with Gasteiger partial charge < -0.3 is 14.7 Å². The fourth-order valence-electron chi connectivity index (χ4n) is 2.63. The van der Waals surface area contributed by atoms with Crippen LogP contribution in [0, 0.1) is 0 Å². The molecule has 7 heteroatoms. The Hall–Kier alpha value is -2.38. The molecular formula is C16H19N3O4. The number of hydrogen-bond acceptors (Lipinski definition) is 5. The highest BCUT2D eigenvalue weighted by Gasteiger charge is 2.45. The van der Waals surface area contributed by atoms with Gasteiger partial charge in [0.15, 0.2) is 12.5 Å². The lowest BCUT2D eigenvalue weighted by molar-refractivity contribution is -0.0190. The Morgan fingerprint density at radius 2 is 1.83 bits per heavy atom. The molecule has 0 aliphatic carbocycles. The van der Waals surface area contributed by atoms with E-state index in [0.717, 1.165) is 15.4 Å². The van der Waals surface area contributed by atoms with Crippen LogP contribution in [0.25, 0.3) is 0 Å². The number of benzene rings is 1. The molecular weight excluding hydrogens is 298 g/mol. The Balaban J connectivity index is 1.94. The Labute approximate surface area is 133 Å². The van der Waals surface area contributed by atoms with Crippen LogP contribution in [0.3, 0.4) is 0 Å². The molecule has 2 unspecified atom stereocenters. The number of hydrogen-bond donors (Lipinski definition) is 2. The first kappa shape index (κ1) is 15.5. The number of rotatable bonds is 3. The Morgan fingerprint density at radius 3 is 2.39 bits per heavy atom. The highest BCUT2D eigenvalue weighted by atomic mass is 16.5. The van der Waals surface area contributed by atoms with Crippen LogP contribution in [0.1, 0.15) is 25.1 Å². The minimum Gasteiger partial charge on any atom is -0.369 e. The molecule has 2 heterocycles. The van der Waals surface area contributed by atoms with E-state index >= 15 is 0 Å². The van der Waals surface area contributed by atoms with E-state index in [1.54, 1.807) is 6.07 Å². The maximum Gasteiger partial charge on any atom is 0.331 e. The van der Waals surface area contributed by atoms with E-state index in [-0.39, 0.29) is 5.88 Å². The number of aromatic nitrogens is 1. The van der Waals surface area contributed by atoms with Crippen molar-refractivity contribution in [3.8, 4) is 0 Å². The van der Waals surface area contributed by atoms with Crippen molar-refractivity contribution in [3.05, 3.63) is 47.7 Å². The first-order valence-electron chi connectivity index (χ1n) is 7.29. The number of likely N-dealkylation sites (N-methyl/N-ethyl adjacent to an activating group) is 1. The van der Waals surface area contributed by atoms with Crippen LogP contribution in [0.2, 0.25) is 0 Å². The van der Waals surface area contributed by atoms with Crippen molar-refractivity contribution in [3.63, 3.8) is 0 Å². The van der Waals surface area contributed by atoms with Crippen molar-refractivity contribution in [2.45, 2.75) is 31.7 Å². The van der Waals surface area contributed by atoms with Gasteiger partial charge in [-0.05, 0) is 5.56 Å². The lowest BCUT2D eigenvalue weighted by Gasteiger charge is -2.22. The highest BCUT2D eigenvalue weighted by Crippen LogP contribution is 2.34. The van der Waals surface area contributed by atoms with Crippen LogP contribution in [0.15, 0.2) is 40.9 Å². The summed E-state index contributed by atoms with van der Waals surface area (Å²) in [5.74, 6) is 0.102. The number of amides is 2. The van der Waals surface area contributed by atoms with Gasteiger partial charge in [0.25, 0.3) is 0 Å². The molecule has 0 spiro atoms. The molecule has 2 aromatic rings. The zero-order chi connectivity index (χ0) is 16.8. The van der Waals surface area contributed by atoms with E-state index in [1.807, 2.05) is 44.2 Å². The molecule has 2 N–H and O–H groups in total. The fourth-order valence-corrected chi connectivity index (χ4v) is 2.63. The summed E-state index contributed by atoms with van der Waals surface area (Å²) < 4.78 is 5.25. The number of aliphatic hydroxyl groups is 2. The molecule has 1 aromatic heterocycles. The second kappa shape index (κ2) is 5.36. The molecule has 23 heavy (non-hydrogen) atoms. The summed E-state index contributed by atoms with van der Waals surface area (Å²) >= 11 is 0. The first-order chi connectivity index (χ1) is 10.8. The number of aliphatic hydroxyl groups excluding tert-OH is 2. The van der Waals surface area contributed by atoms with Crippen LogP contribution < -0.4 is 4.90 Å². The second-order valence-electron chi connectivity index (χ2n) is 6.13. The predicted octanol–water partition coefficient (Wildman–Crippen LogP) is 1.51. The summed E-state index contributed by atoms with van der Waals surface area (Å²) in [5, 5.41) is 23.8. The lowest BCUT2D eigenvalue weighted by atomic mass is 9.81. The molecule has 2 atom stereocenters. The van der Waals surface area contributed by atoms with E-state index in [4.69, 9.17) is 4.52 Å². The van der Waals surface area contributed by atoms with Gasteiger partial charge in [0.2, 0.25) is 5.88 Å². The van der Waals surface area contributed by atoms with E-state index in [0.29, 0.717) is 5.69 Å². The predicted molar refractivity (Wildman–Crippen MR) is 82.7 cm³/mol. The molecule has 122 valence electrons. The molecule has 2 amide bonds. The number of carbonyl (C=O) groups excluding carboxylic acids is 1. The number of urea groups is 1. The molecule has 7 nitrogen and oxygen atoms in total. The molecule has 0 saturated carbocycles. The molecule has 1 aromatic carbocycles.